The summed E-state index contributed by atoms with van der Waals surface area (Å²) in [4.78, 5) is 1.19. The van der Waals surface area contributed by atoms with Crippen molar-refractivity contribution in [1.29, 1.82) is 0 Å². The molecule has 3 rings (SSSR count). The minimum atomic E-state index is -0.0218. The van der Waals surface area contributed by atoms with Crippen LogP contribution in [0, 0.1) is 0 Å². The van der Waals surface area contributed by atoms with Gasteiger partial charge in [-0.05, 0) is 19.1 Å². The second kappa shape index (κ2) is 4.04. The Labute approximate surface area is 99.3 Å². The number of thioether (sulfide) groups is 1. The highest BCUT2D eigenvalue weighted by atomic mass is 32.2. The minimum Gasteiger partial charge on any atom is -0.365 e. The predicted molar refractivity (Wildman–Crippen MR) is 63.3 cm³/mol. The average molecular weight is 237 g/mol. The maximum atomic E-state index is 6.10. The number of epoxide rings is 1. The van der Waals surface area contributed by atoms with Crippen molar-refractivity contribution in [2.45, 2.75) is 41.6 Å². The monoisotopic (exact) mass is 237 g/mol. The third kappa shape index (κ3) is 1.86. The molecule has 2 aliphatic heterocycles. The van der Waals surface area contributed by atoms with Crippen LogP contribution in [0.15, 0.2) is 35.2 Å². The highest BCUT2D eigenvalue weighted by Crippen LogP contribution is 2.41. The number of fused-ring (bicyclic) bond motifs is 1. The van der Waals surface area contributed by atoms with Crippen molar-refractivity contribution >= 4 is 11.8 Å². The summed E-state index contributed by atoms with van der Waals surface area (Å²) >= 11 is 1.68. The van der Waals surface area contributed by atoms with Crippen LogP contribution in [0.25, 0.3) is 0 Å². The van der Waals surface area contributed by atoms with Gasteiger partial charge in [-0.3, -0.25) is 0 Å². The van der Waals surface area contributed by atoms with Crippen LogP contribution in [0.1, 0.15) is 6.92 Å². The summed E-state index contributed by atoms with van der Waals surface area (Å²) in [6.07, 6.45) is 0.582. The lowest BCUT2D eigenvalue weighted by Crippen LogP contribution is -2.47. The van der Waals surface area contributed by atoms with Crippen molar-refractivity contribution in [3.63, 3.8) is 0 Å². The van der Waals surface area contributed by atoms with Gasteiger partial charge in [-0.2, -0.15) is 0 Å². The van der Waals surface area contributed by atoms with E-state index in [2.05, 4.69) is 19.1 Å². The van der Waals surface area contributed by atoms with E-state index in [-0.39, 0.29) is 29.8 Å². The van der Waals surface area contributed by atoms with Crippen LogP contribution in [0.2, 0.25) is 0 Å². The molecular weight excluding hydrogens is 222 g/mol. The van der Waals surface area contributed by atoms with E-state index in [0.717, 1.165) is 0 Å². The first kappa shape index (κ1) is 10.6. The highest BCUT2D eigenvalue weighted by molar-refractivity contribution is 7.99. The first-order chi connectivity index (χ1) is 7.75. The summed E-state index contributed by atoms with van der Waals surface area (Å²) in [6, 6.07) is 10.2. The number of rotatable bonds is 2. The Balaban J connectivity index is 1.70. The van der Waals surface area contributed by atoms with Gasteiger partial charge in [0.15, 0.2) is 0 Å². The van der Waals surface area contributed by atoms with E-state index in [0.29, 0.717) is 0 Å². The van der Waals surface area contributed by atoms with Crippen LogP contribution in [-0.2, 0) is 9.47 Å². The molecule has 0 radical (unpaired) electrons. The van der Waals surface area contributed by atoms with Crippen LogP contribution < -0.4 is 5.73 Å². The van der Waals surface area contributed by atoms with Crippen molar-refractivity contribution in [3.05, 3.63) is 30.3 Å². The molecule has 0 amide bonds. The van der Waals surface area contributed by atoms with Crippen LogP contribution >= 0.6 is 11.8 Å². The quantitative estimate of drug-likeness (QED) is 0.794. The van der Waals surface area contributed by atoms with E-state index in [1.165, 1.54) is 4.90 Å². The number of hydrogen-bond acceptors (Lipinski definition) is 4. The average Bonchev–Trinajstić information content (AvgIpc) is 3.07. The van der Waals surface area contributed by atoms with Gasteiger partial charge in [0.25, 0.3) is 0 Å². The molecule has 86 valence electrons. The summed E-state index contributed by atoms with van der Waals surface area (Å²) in [5.74, 6) is 0. The summed E-state index contributed by atoms with van der Waals surface area (Å²) < 4.78 is 11.4. The predicted octanol–water partition coefficient (Wildman–Crippen LogP) is 1.62. The van der Waals surface area contributed by atoms with Crippen molar-refractivity contribution < 1.29 is 9.47 Å². The van der Waals surface area contributed by atoms with Crippen molar-refractivity contribution in [3.8, 4) is 0 Å². The Morgan fingerprint density at radius 2 is 1.88 bits per heavy atom. The Morgan fingerprint density at radius 3 is 2.62 bits per heavy atom. The summed E-state index contributed by atoms with van der Waals surface area (Å²) in [5, 5.41) is 0. The molecule has 4 heteroatoms. The second-order valence-corrected chi connectivity index (χ2v) is 5.45. The first-order valence-electron chi connectivity index (χ1n) is 5.54. The highest BCUT2D eigenvalue weighted by Gasteiger charge is 2.54. The van der Waals surface area contributed by atoms with Crippen LogP contribution in [0.5, 0.6) is 0 Å². The fourth-order valence-corrected chi connectivity index (χ4v) is 3.22. The normalized spacial score (nSPS) is 41.5. The van der Waals surface area contributed by atoms with Gasteiger partial charge < -0.3 is 15.2 Å². The molecule has 0 aromatic heterocycles. The van der Waals surface area contributed by atoms with Gasteiger partial charge in [0.1, 0.15) is 17.6 Å². The van der Waals surface area contributed by atoms with Gasteiger partial charge >= 0.3 is 0 Å². The maximum Gasteiger partial charge on any atom is 0.125 e. The Hall–Kier alpha value is -0.550. The fraction of sp³-hybridized carbons (Fsp3) is 0.500. The molecule has 3 nitrogen and oxygen atoms in total. The van der Waals surface area contributed by atoms with E-state index in [1.807, 2.05) is 18.2 Å². The third-order valence-electron chi connectivity index (χ3n) is 3.06. The zero-order valence-electron chi connectivity index (χ0n) is 9.08. The molecule has 2 fully saturated rings. The van der Waals surface area contributed by atoms with Crippen LogP contribution in [-0.4, -0.2) is 29.8 Å². The number of benzene rings is 1. The fourth-order valence-electron chi connectivity index (χ4n) is 2.10. The standard InChI is InChI=1S/C12H15NO2S/c1-7-10-11(15-10)9(13)12(14-7)16-8-5-3-2-4-6-8/h2-7,9-12H,13H2,1H3/t7?,9-,10+,11?,12-/m0/s1. The zero-order chi connectivity index (χ0) is 11.1. The van der Waals surface area contributed by atoms with E-state index in [9.17, 15) is 0 Å². The molecular formula is C12H15NO2S. The molecule has 2 saturated heterocycles. The Morgan fingerprint density at radius 1 is 1.12 bits per heavy atom. The Kier molecular flexibility index (Phi) is 2.67. The van der Waals surface area contributed by atoms with Gasteiger partial charge in [0.05, 0.1) is 12.1 Å². The lowest BCUT2D eigenvalue weighted by molar-refractivity contribution is 0.0106. The summed E-state index contributed by atoms with van der Waals surface area (Å²) in [7, 11) is 0. The number of nitrogens with two attached hydrogens (primary N) is 1. The summed E-state index contributed by atoms with van der Waals surface area (Å²) in [5.41, 5.74) is 6.10. The molecule has 1 aromatic carbocycles. The molecule has 2 heterocycles. The first-order valence-corrected chi connectivity index (χ1v) is 6.42. The number of hydrogen-bond donors (Lipinski definition) is 1. The lowest BCUT2D eigenvalue weighted by Gasteiger charge is -2.29. The van der Waals surface area contributed by atoms with E-state index in [1.54, 1.807) is 11.8 Å². The molecule has 5 atom stereocenters. The number of ether oxygens (including phenoxy) is 2. The van der Waals surface area contributed by atoms with E-state index < -0.39 is 0 Å². The van der Waals surface area contributed by atoms with Crippen molar-refractivity contribution in [1.82, 2.24) is 0 Å². The van der Waals surface area contributed by atoms with Gasteiger partial charge in [0, 0.05) is 4.90 Å². The topological polar surface area (TPSA) is 47.8 Å². The molecule has 16 heavy (non-hydrogen) atoms. The maximum absolute atomic E-state index is 6.10. The largest absolute Gasteiger partial charge is 0.365 e. The molecule has 0 bridgehead atoms. The zero-order valence-corrected chi connectivity index (χ0v) is 9.89. The van der Waals surface area contributed by atoms with Gasteiger partial charge in [-0.25, -0.2) is 0 Å². The van der Waals surface area contributed by atoms with E-state index >= 15 is 0 Å². The molecule has 0 spiro atoms. The smallest absolute Gasteiger partial charge is 0.125 e. The lowest BCUT2D eigenvalue weighted by atomic mass is 10.1. The SMILES string of the molecule is CC1O[C@@H](Sc2ccccc2)[C@@H](N)C2O[C@H]12. The van der Waals surface area contributed by atoms with Crippen LogP contribution in [0.3, 0.4) is 0 Å². The van der Waals surface area contributed by atoms with Gasteiger partial charge in [0.2, 0.25) is 0 Å². The molecule has 0 aliphatic carbocycles. The van der Waals surface area contributed by atoms with Gasteiger partial charge in [-0.1, -0.05) is 30.0 Å². The third-order valence-corrected chi connectivity index (χ3v) is 4.26. The molecule has 2 unspecified atom stereocenters. The minimum absolute atomic E-state index is 0.00106. The van der Waals surface area contributed by atoms with E-state index in [4.69, 9.17) is 15.2 Å². The van der Waals surface area contributed by atoms with Gasteiger partial charge in [-0.15, -0.1) is 0 Å². The van der Waals surface area contributed by atoms with Crippen molar-refractivity contribution in [2.24, 2.45) is 5.73 Å². The molecule has 0 saturated carbocycles. The molecule has 1 aromatic rings. The summed E-state index contributed by atoms with van der Waals surface area (Å²) in [6.45, 7) is 2.05. The molecule has 2 aliphatic rings. The molecule has 2 N–H and O–H groups in total. The Bertz CT molecular complexity index is 373. The van der Waals surface area contributed by atoms with Crippen LogP contribution in [0.4, 0.5) is 0 Å². The second-order valence-electron chi connectivity index (χ2n) is 4.28. The van der Waals surface area contributed by atoms with Crippen molar-refractivity contribution in [2.75, 3.05) is 0 Å².